The zero-order valence-electron chi connectivity index (χ0n) is 17.0. The molecule has 1 N–H and O–H groups in total. The molecule has 0 aliphatic carbocycles. The average Bonchev–Trinajstić information content (AvgIpc) is 3.08. The molecule has 3 rings (SSSR count). The summed E-state index contributed by atoms with van der Waals surface area (Å²) >= 11 is 0. The van der Waals surface area contributed by atoms with Crippen LogP contribution in [-0.4, -0.2) is 60.9 Å². The summed E-state index contributed by atoms with van der Waals surface area (Å²) in [7, 11) is -3.36. The Morgan fingerprint density at radius 3 is 2.59 bits per heavy atom. The van der Waals surface area contributed by atoms with E-state index >= 15 is 0 Å². The van der Waals surface area contributed by atoms with Crippen LogP contribution in [0.15, 0.2) is 30.3 Å². The van der Waals surface area contributed by atoms with Gasteiger partial charge in [0.15, 0.2) is 0 Å². The second kappa shape index (κ2) is 9.71. The van der Waals surface area contributed by atoms with Gasteiger partial charge in [-0.05, 0) is 37.8 Å². The normalized spacial score (nSPS) is 22.9. The molecule has 0 aromatic heterocycles. The number of nitrogens with one attached hydrogen (secondary N) is 1. The molecule has 2 saturated heterocycles. The van der Waals surface area contributed by atoms with E-state index in [0.29, 0.717) is 32.5 Å². The van der Waals surface area contributed by atoms with Gasteiger partial charge in [0.2, 0.25) is 21.8 Å². The summed E-state index contributed by atoms with van der Waals surface area (Å²) in [4.78, 5) is 27.7. The number of carbonyl (C=O) groups excluding carboxylic acids is 2. The number of anilines is 1. The predicted octanol–water partition coefficient (Wildman–Crippen LogP) is 2.46. The Balaban J connectivity index is 1.68. The molecule has 2 aliphatic heterocycles. The van der Waals surface area contributed by atoms with Crippen molar-refractivity contribution >= 4 is 27.5 Å². The third-order valence-electron chi connectivity index (χ3n) is 5.75. The SMILES string of the molecule is CCCCC(C(=O)N1CCCC(C(=O)Nc2ccccc2)C1)N1CCCS1(=O)=O. The highest BCUT2D eigenvalue weighted by atomic mass is 32.2. The van der Waals surface area contributed by atoms with E-state index in [-0.39, 0.29) is 23.5 Å². The van der Waals surface area contributed by atoms with Crippen LogP contribution in [0.3, 0.4) is 0 Å². The Morgan fingerprint density at radius 2 is 1.93 bits per heavy atom. The van der Waals surface area contributed by atoms with Gasteiger partial charge in [0.05, 0.1) is 11.7 Å². The monoisotopic (exact) mass is 421 g/mol. The van der Waals surface area contributed by atoms with Gasteiger partial charge in [-0.3, -0.25) is 9.59 Å². The molecule has 29 heavy (non-hydrogen) atoms. The molecule has 2 atom stereocenters. The number of piperidine rings is 1. The molecular formula is C21H31N3O4S. The predicted molar refractivity (Wildman–Crippen MR) is 113 cm³/mol. The van der Waals surface area contributed by atoms with Gasteiger partial charge >= 0.3 is 0 Å². The Hall–Kier alpha value is -1.93. The quantitative estimate of drug-likeness (QED) is 0.733. The maximum absolute atomic E-state index is 13.3. The number of benzene rings is 1. The van der Waals surface area contributed by atoms with E-state index in [1.54, 1.807) is 4.90 Å². The van der Waals surface area contributed by atoms with Gasteiger partial charge in [0.1, 0.15) is 6.04 Å². The van der Waals surface area contributed by atoms with Gasteiger partial charge in [0.25, 0.3) is 0 Å². The molecule has 2 heterocycles. The van der Waals surface area contributed by atoms with Crippen LogP contribution in [0.2, 0.25) is 0 Å². The molecule has 0 spiro atoms. The molecule has 0 saturated carbocycles. The van der Waals surface area contributed by atoms with Gasteiger partial charge < -0.3 is 10.2 Å². The highest BCUT2D eigenvalue weighted by Gasteiger charge is 2.40. The molecule has 8 heteroatoms. The van der Waals surface area contributed by atoms with Gasteiger partial charge in [-0.25, -0.2) is 8.42 Å². The molecule has 160 valence electrons. The summed E-state index contributed by atoms with van der Waals surface area (Å²) in [5.41, 5.74) is 0.741. The van der Waals surface area contributed by atoms with Crippen LogP contribution in [0.1, 0.15) is 45.4 Å². The third kappa shape index (κ3) is 5.36. The smallest absolute Gasteiger partial charge is 0.241 e. The first kappa shape index (κ1) is 21.8. The molecule has 2 aliphatic rings. The Kier molecular flexibility index (Phi) is 7.29. The molecule has 2 unspecified atom stereocenters. The van der Waals surface area contributed by atoms with Crippen LogP contribution in [-0.2, 0) is 19.6 Å². The lowest BCUT2D eigenvalue weighted by atomic mass is 9.95. The maximum atomic E-state index is 13.3. The van der Waals surface area contributed by atoms with Crippen LogP contribution in [0, 0.1) is 5.92 Å². The average molecular weight is 422 g/mol. The van der Waals surface area contributed by atoms with E-state index in [0.717, 1.165) is 31.4 Å². The van der Waals surface area contributed by atoms with Crippen LogP contribution in [0.4, 0.5) is 5.69 Å². The maximum Gasteiger partial charge on any atom is 0.241 e. The summed E-state index contributed by atoms with van der Waals surface area (Å²) in [5.74, 6) is -0.408. The van der Waals surface area contributed by atoms with Crippen molar-refractivity contribution in [3.8, 4) is 0 Å². The number of likely N-dealkylation sites (tertiary alicyclic amines) is 1. The van der Waals surface area contributed by atoms with Crippen molar-refractivity contribution in [1.82, 2.24) is 9.21 Å². The lowest BCUT2D eigenvalue weighted by Crippen LogP contribution is -2.52. The van der Waals surface area contributed by atoms with Crippen molar-refractivity contribution in [2.75, 3.05) is 30.7 Å². The van der Waals surface area contributed by atoms with E-state index in [2.05, 4.69) is 5.32 Å². The lowest BCUT2D eigenvalue weighted by molar-refractivity contribution is -0.138. The van der Waals surface area contributed by atoms with E-state index in [1.165, 1.54) is 4.31 Å². The summed E-state index contributed by atoms with van der Waals surface area (Å²) in [5, 5.41) is 2.92. The summed E-state index contributed by atoms with van der Waals surface area (Å²) in [6.45, 7) is 3.36. The van der Waals surface area contributed by atoms with Crippen molar-refractivity contribution < 1.29 is 18.0 Å². The molecule has 0 radical (unpaired) electrons. The van der Waals surface area contributed by atoms with E-state index in [1.807, 2.05) is 37.3 Å². The lowest BCUT2D eigenvalue weighted by Gasteiger charge is -2.36. The fourth-order valence-electron chi connectivity index (χ4n) is 4.16. The van der Waals surface area contributed by atoms with Gasteiger partial charge in [-0.2, -0.15) is 4.31 Å². The summed E-state index contributed by atoms with van der Waals surface area (Å²) in [6, 6.07) is 8.64. The van der Waals surface area contributed by atoms with Gasteiger partial charge in [0, 0.05) is 25.3 Å². The second-order valence-electron chi connectivity index (χ2n) is 7.92. The van der Waals surface area contributed by atoms with E-state index in [9.17, 15) is 18.0 Å². The Bertz CT molecular complexity index is 812. The molecule has 2 fully saturated rings. The van der Waals surface area contributed by atoms with Crippen LogP contribution >= 0.6 is 0 Å². The number of sulfonamides is 1. The molecule has 0 bridgehead atoms. The van der Waals surface area contributed by atoms with Crippen molar-refractivity contribution in [3.05, 3.63) is 30.3 Å². The van der Waals surface area contributed by atoms with Crippen LogP contribution in [0.5, 0.6) is 0 Å². The molecule has 7 nitrogen and oxygen atoms in total. The minimum Gasteiger partial charge on any atom is -0.341 e. The van der Waals surface area contributed by atoms with E-state index < -0.39 is 16.1 Å². The molecular weight excluding hydrogens is 390 g/mol. The number of amides is 2. The van der Waals surface area contributed by atoms with Crippen molar-refractivity contribution in [2.45, 2.75) is 51.5 Å². The number of hydrogen-bond donors (Lipinski definition) is 1. The number of nitrogens with zero attached hydrogens (tertiary/aromatic N) is 2. The molecule has 2 amide bonds. The minimum absolute atomic E-state index is 0.0902. The van der Waals surface area contributed by atoms with Crippen LogP contribution in [0.25, 0.3) is 0 Å². The van der Waals surface area contributed by atoms with Crippen molar-refractivity contribution in [3.63, 3.8) is 0 Å². The number of unbranched alkanes of at least 4 members (excludes halogenated alkanes) is 1. The number of hydrogen-bond acceptors (Lipinski definition) is 4. The molecule has 1 aromatic carbocycles. The number of rotatable bonds is 7. The van der Waals surface area contributed by atoms with Crippen molar-refractivity contribution in [2.24, 2.45) is 5.92 Å². The van der Waals surface area contributed by atoms with Crippen molar-refractivity contribution in [1.29, 1.82) is 0 Å². The van der Waals surface area contributed by atoms with E-state index in [4.69, 9.17) is 0 Å². The first-order chi connectivity index (χ1) is 13.9. The van der Waals surface area contributed by atoms with Gasteiger partial charge in [-0.1, -0.05) is 38.0 Å². The second-order valence-corrected chi connectivity index (χ2v) is 9.96. The zero-order chi connectivity index (χ0) is 20.9. The summed E-state index contributed by atoms with van der Waals surface area (Å²) in [6.07, 6.45) is 4.27. The fourth-order valence-corrected chi connectivity index (χ4v) is 5.88. The largest absolute Gasteiger partial charge is 0.341 e. The first-order valence-corrected chi connectivity index (χ1v) is 12.2. The highest BCUT2D eigenvalue weighted by molar-refractivity contribution is 7.89. The topological polar surface area (TPSA) is 86.8 Å². The van der Waals surface area contributed by atoms with Gasteiger partial charge in [-0.15, -0.1) is 0 Å². The Labute approximate surface area is 173 Å². The zero-order valence-corrected chi connectivity index (χ0v) is 17.9. The molecule has 1 aromatic rings. The summed E-state index contributed by atoms with van der Waals surface area (Å²) < 4.78 is 26.2. The highest BCUT2D eigenvalue weighted by Crippen LogP contribution is 2.25. The van der Waals surface area contributed by atoms with Crippen LogP contribution < -0.4 is 5.32 Å². The number of carbonyl (C=O) groups is 2. The Morgan fingerprint density at radius 1 is 1.17 bits per heavy atom. The minimum atomic E-state index is -3.36. The third-order valence-corrected chi connectivity index (χ3v) is 7.70. The standard InChI is InChI=1S/C21H31N3O4S/c1-2-3-12-19(24-14-8-15-29(24,27)28)21(26)23-13-7-9-17(16-23)20(25)22-18-10-5-4-6-11-18/h4-6,10-11,17,19H,2-3,7-9,12-16H2,1H3,(H,22,25). The number of para-hydroxylation sites is 1. The first-order valence-electron chi connectivity index (χ1n) is 10.6. The fraction of sp³-hybridized carbons (Fsp3) is 0.619.